The van der Waals surface area contributed by atoms with Gasteiger partial charge in [0.1, 0.15) is 0 Å². The van der Waals surface area contributed by atoms with Gasteiger partial charge in [-0.15, -0.1) is 0 Å². The maximum Gasteiger partial charge on any atom is 0.0638 e. The minimum absolute atomic E-state index is 0.0125. The van der Waals surface area contributed by atoms with Gasteiger partial charge in [0.2, 0.25) is 0 Å². The third-order valence-corrected chi connectivity index (χ3v) is 2.06. The molecule has 0 saturated carbocycles. The van der Waals surface area contributed by atoms with E-state index in [1.54, 1.807) is 0 Å². The fourth-order valence-corrected chi connectivity index (χ4v) is 1.25. The Bertz CT molecular complexity index is 388. The van der Waals surface area contributed by atoms with Gasteiger partial charge in [-0.1, -0.05) is 28.0 Å². The molecule has 1 saturated heterocycles. The molecule has 0 radical (unpaired) electrons. The first-order valence-electron chi connectivity index (χ1n) is 5.37. The van der Waals surface area contributed by atoms with Gasteiger partial charge in [0, 0.05) is 10.4 Å². The quantitative estimate of drug-likeness (QED) is 0.702. The Labute approximate surface area is 80.1 Å². The van der Waals surface area contributed by atoms with E-state index in [4.69, 9.17) is 10.2 Å². The molecule has 1 aliphatic rings. The highest BCUT2D eigenvalue weighted by atomic mass is 79.9. The molecule has 0 aromatic heterocycles. The predicted octanol–water partition coefficient (Wildman–Crippen LogP) is 2.56. The van der Waals surface area contributed by atoms with Gasteiger partial charge in [0.15, 0.2) is 0 Å². The van der Waals surface area contributed by atoms with Crippen molar-refractivity contribution in [2.45, 2.75) is 5.92 Å². The van der Waals surface area contributed by atoms with E-state index in [1.807, 2.05) is 0 Å². The van der Waals surface area contributed by atoms with E-state index in [2.05, 4.69) is 15.9 Å². The number of ether oxygens (including phenoxy) is 1. The average Bonchev–Trinajstić information content (AvgIpc) is 2.15. The molecular weight excluding hydrogens is 204 g/mol. The van der Waals surface area contributed by atoms with E-state index >= 15 is 0 Å². The van der Waals surface area contributed by atoms with Crippen molar-refractivity contribution in [1.29, 1.82) is 0 Å². The van der Waals surface area contributed by atoms with E-state index in [0.717, 1.165) is 0 Å². The zero-order valence-electron chi connectivity index (χ0n) is 9.78. The lowest BCUT2D eigenvalue weighted by atomic mass is 9.98. The number of benzene rings is 1. The summed E-state index contributed by atoms with van der Waals surface area (Å²) in [6.45, 7) is 1.00. The fourth-order valence-electron chi connectivity index (χ4n) is 0.941. The molecule has 0 atom stereocenters. The first-order valence-corrected chi connectivity index (χ1v) is 4.16. The Morgan fingerprint density at radius 2 is 2.36 bits per heavy atom. The molecule has 0 N–H and O–H groups in total. The summed E-state index contributed by atoms with van der Waals surface area (Å²) in [5.74, 6) is 0.0333. The Hall–Kier alpha value is -0.340. The van der Waals surface area contributed by atoms with Crippen LogP contribution >= 0.6 is 15.9 Å². The minimum Gasteiger partial charge on any atom is -0.380 e. The summed E-state index contributed by atoms with van der Waals surface area (Å²) in [5, 5.41) is 0. The highest BCUT2D eigenvalue weighted by Gasteiger charge is 2.19. The molecule has 2 rings (SSSR count). The summed E-state index contributed by atoms with van der Waals surface area (Å²) in [4.78, 5) is 0. The molecule has 1 aliphatic heterocycles. The summed E-state index contributed by atoms with van der Waals surface area (Å²) in [7, 11) is 0. The van der Waals surface area contributed by atoms with Crippen molar-refractivity contribution in [2.75, 3.05) is 13.2 Å². The zero-order chi connectivity index (χ0) is 11.2. The molecule has 2 heteroatoms. The SMILES string of the molecule is [2H]c1c([2H])c(Br)c([2H])c(C2COC2)c1[2H]. The van der Waals surface area contributed by atoms with Crippen molar-refractivity contribution in [3.8, 4) is 0 Å². The lowest BCUT2D eigenvalue weighted by Gasteiger charge is -2.26. The zero-order valence-corrected chi connectivity index (χ0v) is 7.36. The van der Waals surface area contributed by atoms with Crippen LogP contribution in [-0.4, -0.2) is 13.2 Å². The Balaban J connectivity index is 2.62. The molecule has 1 heterocycles. The minimum atomic E-state index is -0.125. The number of hydrogen-bond acceptors (Lipinski definition) is 1. The predicted molar refractivity (Wildman–Crippen MR) is 47.7 cm³/mol. The van der Waals surface area contributed by atoms with Crippen LogP contribution < -0.4 is 0 Å². The van der Waals surface area contributed by atoms with Crippen LogP contribution in [0, 0.1) is 0 Å². The van der Waals surface area contributed by atoms with Gasteiger partial charge < -0.3 is 4.74 Å². The van der Waals surface area contributed by atoms with Gasteiger partial charge >= 0.3 is 0 Å². The van der Waals surface area contributed by atoms with E-state index in [0.29, 0.717) is 23.2 Å². The molecule has 1 aromatic rings. The standard InChI is InChI=1S/C9H9BrO/c10-9-3-1-2-7(4-9)8-5-11-6-8/h1-4,8H,5-6H2/i1D,2D,3D,4D. The maximum atomic E-state index is 7.82. The van der Waals surface area contributed by atoms with Crippen LogP contribution in [-0.2, 0) is 4.74 Å². The molecule has 1 fully saturated rings. The third-order valence-electron chi connectivity index (χ3n) is 1.66. The van der Waals surface area contributed by atoms with Gasteiger partial charge in [-0.25, -0.2) is 0 Å². The van der Waals surface area contributed by atoms with Crippen molar-refractivity contribution >= 4 is 15.9 Å². The van der Waals surface area contributed by atoms with Crippen molar-refractivity contribution in [1.82, 2.24) is 0 Å². The van der Waals surface area contributed by atoms with E-state index in [1.165, 1.54) is 0 Å². The molecule has 58 valence electrons. The van der Waals surface area contributed by atoms with Crippen LogP contribution in [0.2, 0.25) is 0 Å². The van der Waals surface area contributed by atoms with E-state index in [-0.39, 0.29) is 30.1 Å². The van der Waals surface area contributed by atoms with Crippen molar-refractivity contribution in [3.05, 3.63) is 34.2 Å². The second kappa shape index (κ2) is 2.95. The van der Waals surface area contributed by atoms with Crippen LogP contribution in [0.4, 0.5) is 0 Å². The van der Waals surface area contributed by atoms with Crippen LogP contribution in [0.5, 0.6) is 0 Å². The highest BCUT2D eigenvalue weighted by Crippen LogP contribution is 2.25. The molecule has 1 aromatic carbocycles. The van der Waals surface area contributed by atoms with Crippen LogP contribution in [0.25, 0.3) is 0 Å². The molecular formula is C9H9BrO. The Kier molecular flexibility index (Phi) is 1.09. The largest absolute Gasteiger partial charge is 0.380 e. The van der Waals surface area contributed by atoms with Gasteiger partial charge in [0.25, 0.3) is 0 Å². The van der Waals surface area contributed by atoms with E-state index in [9.17, 15) is 0 Å². The first kappa shape index (κ1) is 4.06. The van der Waals surface area contributed by atoms with Crippen molar-refractivity contribution in [3.63, 3.8) is 0 Å². The normalized spacial score (nSPS) is 23.0. The second-order valence-corrected chi connectivity index (χ2v) is 3.26. The molecule has 0 bridgehead atoms. The molecule has 0 unspecified atom stereocenters. The monoisotopic (exact) mass is 216 g/mol. The Morgan fingerprint density at radius 3 is 3.00 bits per heavy atom. The second-order valence-electron chi connectivity index (χ2n) is 2.46. The van der Waals surface area contributed by atoms with Gasteiger partial charge in [-0.2, -0.15) is 0 Å². The lowest BCUT2D eigenvalue weighted by Crippen LogP contribution is -2.24. The lowest BCUT2D eigenvalue weighted by molar-refractivity contribution is 0.00840. The third kappa shape index (κ3) is 1.47. The highest BCUT2D eigenvalue weighted by molar-refractivity contribution is 9.10. The topological polar surface area (TPSA) is 9.23 Å². The fraction of sp³-hybridized carbons (Fsp3) is 0.333. The van der Waals surface area contributed by atoms with Crippen molar-refractivity contribution < 1.29 is 10.2 Å². The molecule has 0 aliphatic carbocycles. The van der Waals surface area contributed by atoms with Gasteiger partial charge in [-0.3, -0.25) is 0 Å². The molecule has 0 amide bonds. The van der Waals surface area contributed by atoms with E-state index < -0.39 is 0 Å². The average molecular weight is 217 g/mol. The van der Waals surface area contributed by atoms with Crippen LogP contribution in [0.15, 0.2) is 28.6 Å². The number of halogens is 1. The van der Waals surface area contributed by atoms with Gasteiger partial charge in [-0.05, 0) is 17.6 Å². The van der Waals surface area contributed by atoms with Crippen molar-refractivity contribution in [2.24, 2.45) is 0 Å². The van der Waals surface area contributed by atoms with Crippen LogP contribution in [0.3, 0.4) is 0 Å². The Morgan fingerprint density at radius 1 is 1.55 bits per heavy atom. The van der Waals surface area contributed by atoms with Gasteiger partial charge in [0.05, 0.1) is 18.7 Å². The maximum absolute atomic E-state index is 7.82. The smallest absolute Gasteiger partial charge is 0.0638 e. The first-order chi connectivity index (χ1) is 7.04. The molecule has 0 spiro atoms. The molecule has 1 nitrogen and oxygen atoms in total. The summed E-state index contributed by atoms with van der Waals surface area (Å²) in [6, 6.07) is -0.0791. The summed E-state index contributed by atoms with van der Waals surface area (Å²) < 4.78 is 36.0. The summed E-state index contributed by atoms with van der Waals surface area (Å²) in [6.07, 6.45) is 0. The summed E-state index contributed by atoms with van der Waals surface area (Å²) in [5.41, 5.74) is 0.522. The molecule has 11 heavy (non-hydrogen) atoms. The van der Waals surface area contributed by atoms with Crippen LogP contribution in [0.1, 0.15) is 17.0 Å². The summed E-state index contributed by atoms with van der Waals surface area (Å²) >= 11 is 3.12. The number of rotatable bonds is 1. The number of hydrogen-bond donors (Lipinski definition) is 0.